The molecule has 0 aliphatic carbocycles. The van der Waals surface area contributed by atoms with E-state index in [1.54, 1.807) is 18.0 Å². The van der Waals surface area contributed by atoms with Gasteiger partial charge in [0.1, 0.15) is 11.6 Å². The molecule has 0 amide bonds. The first-order valence-electron chi connectivity index (χ1n) is 9.98. The van der Waals surface area contributed by atoms with Crippen LogP contribution < -0.4 is 16.0 Å². The molecule has 0 unspecified atom stereocenters. The van der Waals surface area contributed by atoms with Gasteiger partial charge in [-0.1, -0.05) is 26.0 Å². The van der Waals surface area contributed by atoms with Crippen molar-refractivity contribution in [3.8, 4) is 11.4 Å². The van der Waals surface area contributed by atoms with Gasteiger partial charge in [0.2, 0.25) is 0 Å². The highest BCUT2D eigenvalue weighted by Gasteiger charge is 2.20. The first-order valence-corrected chi connectivity index (χ1v) is 9.98. The van der Waals surface area contributed by atoms with E-state index >= 15 is 0 Å². The molecule has 2 heterocycles. The molecule has 2 aromatic carbocycles. The van der Waals surface area contributed by atoms with Crippen LogP contribution in [0.25, 0.3) is 16.9 Å². The zero-order valence-corrected chi connectivity index (χ0v) is 17.6. The van der Waals surface area contributed by atoms with E-state index in [0.29, 0.717) is 23.5 Å². The number of imidazole rings is 1. The second kappa shape index (κ2) is 8.22. The van der Waals surface area contributed by atoms with Crippen LogP contribution in [0.5, 0.6) is 5.75 Å². The van der Waals surface area contributed by atoms with Gasteiger partial charge in [0, 0.05) is 13.1 Å². The first kappa shape index (κ1) is 20.6. The predicted octanol–water partition coefficient (Wildman–Crippen LogP) is 3.20. The third-order valence-corrected chi connectivity index (χ3v) is 5.02. The lowest BCUT2D eigenvalue weighted by Gasteiger charge is -2.14. The summed E-state index contributed by atoms with van der Waals surface area (Å²) in [6.45, 7) is 4.52. The van der Waals surface area contributed by atoms with Crippen LogP contribution in [0.1, 0.15) is 19.4 Å². The summed E-state index contributed by atoms with van der Waals surface area (Å²) in [6, 6.07) is 13.1. The second-order valence-electron chi connectivity index (χ2n) is 7.80. The highest BCUT2D eigenvalue weighted by Crippen LogP contribution is 2.18. The highest BCUT2D eigenvalue weighted by atomic mass is 19.1. The van der Waals surface area contributed by atoms with Gasteiger partial charge in [-0.25, -0.2) is 18.7 Å². The molecular formula is C23H23FN4O3. The van der Waals surface area contributed by atoms with Gasteiger partial charge in [0.05, 0.1) is 19.1 Å². The van der Waals surface area contributed by atoms with Gasteiger partial charge < -0.3 is 9.30 Å². The first-order chi connectivity index (χ1) is 14.9. The number of fused-ring (bicyclic) bond motifs is 1. The second-order valence-corrected chi connectivity index (χ2v) is 7.80. The molecule has 8 heteroatoms. The van der Waals surface area contributed by atoms with Crippen LogP contribution in [0.4, 0.5) is 4.39 Å². The van der Waals surface area contributed by atoms with Gasteiger partial charge in [0.15, 0.2) is 11.2 Å². The number of methoxy groups -OCH3 is 1. The molecule has 4 rings (SSSR count). The van der Waals surface area contributed by atoms with Gasteiger partial charge in [-0.2, -0.15) is 0 Å². The van der Waals surface area contributed by atoms with Crippen molar-refractivity contribution in [1.82, 2.24) is 18.7 Å². The molecule has 0 atom stereocenters. The van der Waals surface area contributed by atoms with Crippen molar-refractivity contribution in [3.63, 3.8) is 0 Å². The Morgan fingerprint density at radius 2 is 1.84 bits per heavy atom. The molecule has 2 aromatic heterocycles. The van der Waals surface area contributed by atoms with Crippen molar-refractivity contribution in [2.45, 2.75) is 26.9 Å². The Morgan fingerprint density at radius 1 is 1.10 bits per heavy atom. The van der Waals surface area contributed by atoms with Crippen molar-refractivity contribution in [3.05, 3.63) is 87.1 Å². The molecule has 0 aliphatic rings. The zero-order valence-electron chi connectivity index (χ0n) is 17.6. The Morgan fingerprint density at radius 3 is 2.52 bits per heavy atom. The summed E-state index contributed by atoms with van der Waals surface area (Å²) in [7, 11) is 1.59. The van der Waals surface area contributed by atoms with E-state index in [4.69, 9.17) is 4.74 Å². The van der Waals surface area contributed by atoms with Crippen molar-refractivity contribution in [2.24, 2.45) is 5.92 Å². The van der Waals surface area contributed by atoms with Crippen LogP contribution in [0.2, 0.25) is 0 Å². The average Bonchev–Trinajstić information content (AvgIpc) is 3.15. The zero-order chi connectivity index (χ0) is 22.1. The van der Waals surface area contributed by atoms with Gasteiger partial charge in [0.25, 0.3) is 5.56 Å². The summed E-state index contributed by atoms with van der Waals surface area (Å²) in [6.07, 6.45) is 1.55. The maximum Gasteiger partial charge on any atom is 0.337 e. The van der Waals surface area contributed by atoms with Crippen LogP contribution >= 0.6 is 0 Å². The molecule has 0 radical (unpaired) electrons. The van der Waals surface area contributed by atoms with Crippen LogP contribution in [0.15, 0.2) is 64.4 Å². The Hall–Kier alpha value is -3.68. The number of ether oxygens (including phenoxy) is 1. The average molecular weight is 422 g/mol. The fourth-order valence-electron chi connectivity index (χ4n) is 3.62. The standard InChI is InChI=1S/C23H23FN4O3/c1-15(2)12-27-22(29)20-21(28(23(27)30)18-9-7-17(24)8-10-18)25-14-26(20)13-16-5-4-6-19(11-16)31-3/h4-11,14-15H,12-13H2,1-3H3. The lowest BCUT2D eigenvalue weighted by molar-refractivity contribution is 0.414. The minimum absolute atomic E-state index is 0.0827. The fourth-order valence-corrected chi connectivity index (χ4v) is 3.62. The summed E-state index contributed by atoms with van der Waals surface area (Å²) in [5.74, 6) is 0.383. The smallest absolute Gasteiger partial charge is 0.337 e. The summed E-state index contributed by atoms with van der Waals surface area (Å²) < 4.78 is 23.1. The van der Waals surface area contributed by atoms with Crippen molar-refractivity contribution in [2.75, 3.05) is 7.11 Å². The number of aromatic nitrogens is 4. The molecule has 0 saturated heterocycles. The molecule has 0 saturated carbocycles. The number of nitrogens with zero attached hydrogens (tertiary/aromatic N) is 4. The molecule has 0 fully saturated rings. The topological polar surface area (TPSA) is 71.1 Å². The molecule has 31 heavy (non-hydrogen) atoms. The number of rotatable bonds is 6. The number of hydrogen-bond donors (Lipinski definition) is 0. The van der Waals surface area contributed by atoms with E-state index in [1.807, 2.05) is 38.1 Å². The third kappa shape index (κ3) is 3.88. The Bertz CT molecular complexity index is 1350. The van der Waals surface area contributed by atoms with Gasteiger partial charge in [-0.15, -0.1) is 0 Å². The third-order valence-electron chi connectivity index (χ3n) is 5.02. The molecule has 0 bridgehead atoms. The molecule has 0 spiro atoms. The van der Waals surface area contributed by atoms with E-state index in [0.717, 1.165) is 5.56 Å². The van der Waals surface area contributed by atoms with Crippen molar-refractivity contribution < 1.29 is 9.13 Å². The van der Waals surface area contributed by atoms with E-state index in [2.05, 4.69) is 4.98 Å². The van der Waals surface area contributed by atoms with Crippen molar-refractivity contribution >= 4 is 11.2 Å². The molecule has 160 valence electrons. The summed E-state index contributed by atoms with van der Waals surface area (Å²) in [5.41, 5.74) is 1.03. The maximum atomic E-state index is 13.5. The minimum Gasteiger partial charge on any atom is -0.497 e. The fraction of sp³-hybridized carbons (Fsp3) is 0.261. The minimum atomic E-state index is -0.496. The highest BCUT2D eigenvalue weighted by molar-refractivity contribution is 5.72. The number of benzene rings is 2. The number of hydrogen-bond acceptors (Lipinski definition) is 4. The largest absolute Gasteiger partial charge is 0.497 e. The predicted molar refractivity (Wildman–Crippen MR) is 116 cm³/mol. The summed E-state index contributed by atoms with van der Waals surface area (Å²) >= 11 is 0. The van der Waals surface area contributed by atoms with E-state index in [-0.39, 0.29) is 18.1 Å². The molecule has 0 N–H and O–H groups in total. The maximum absolute atomic E-state index is 13.5. The van der Waals surface area contributed by atoms with Gasteiger partial charge in [-0.05, 0) is 47.9 Å². The summed E-state index contributed by atoms with van der Waals surface area (Å²) in [4.78, 5) is 30.9. The molecular weight excluding hydrogens is 399 g/mol. The number of halogens is 1. The Balaban J connectivity index is 1.96. The van der Waals surface area contributed by atoms with Gasteiger partial charge >= 0.3 is 5.69 Å². The van der Waals surface area contributed by atoms with E-state index in [1.165, 1.54) is 33.4 Å². The van der Waals surface area contributed by atoms with Gasteiger partial charge in [-0.3, -0.25) is 9.36 Å². The lowest BCUT2D eigenvalue weighted by atomic mass is 10.2. The molecule has 4 aromatic rings. The normalized spacial score (nSPS) is 11.4. The van der Waals surface area contributed by atoms with Crippen LogP contribution in [0.3, 0.4) is 0 Å². The van der Waals surface area contributed by atoms with Crippen molar-refractivity contribution in [1.29, 1.82) is 0 Å². The Labute approximate surface area is 178 Å². The van der Waals surface area contributed by atoms with E-state index < -0.39 is 17.1 Å². The molecule has 7 nitrogen and oxygen atoms in total. The van der Waals surface area contributed by atoms with E-state index in [9.17, 15) is 14.0 Å². The molecule has 0 aliphatic heterocycles. The van der Waals surface area contributed by atoms with Crippen LogP contribution in [-0.4, -0.2) is 25.8 Å². The summed E-state index contributed by atoms with van der Waals surface area (Å²) in [5, 5.41) is 0. The Kier molecular flexibility index (Phi) is 5.46. The quantitative estimate of drug-likeness (QED) is 0.478. The lowest BCUT2D eigenvalue weighted by Crippen LogP contribution is -2.41. The monoisotopic (exact) mass is 422 g/mol. The van der Waals surface area contributed by atoms with Crippen LogP contribution in [-0.2, 0) is 13.1 Å². The van der Waals surface area contributed by atoms with Crippen LogP contribution in [0, 0.1) is 11.7 Å². The SMILES string of the molecule is COc1cccc(Cn2cnc3c2c(=O)n(CC(C)C)c(=O)n3-c2ccc(F)cc2)c1.